The van der Waals surface area contributed by atoms with Crippen molar-refractivity contribution < 1.29 is 0 Å². The number of rotatable bonds is 5. The summed E-state index contributed by atoms with van der Waals surface area (Å²) in [5.41, 5.74) is 16.2. The van der Waals surface area contributed by atoms with Crippen molar-refractivity contribution in [2.45, 2.75) is 19.3 Å². The topological polar surface area (TPSA) is 17.0 Å². The molecule has 1 heterocycles. The van der Waals surface area contributed by atoms with E-state index in [9.17, 15) is 0 Å². The maximum atomic E-state index is 3.64. The van der Waals surface area contributed by atoms with Crippen LogP contribution >= 0.6 is 0 Å². The predicted octanol–water partition coefficient (Wildman–Crippen LogP) is 12.2. The van der Waals surface area contributed by atoms with Crippen LogP contribution in [0.5, 0.6) is 0 Å². The van der Waals surface area contributed by atoms with E-state index in [4.69, 9.17) is 0 Å². The monoisotopic (exact) mass is 602 g/mol. The Bertz CT molecular complexity index is 2430. The SMILES string of the molecule is CC1(C)c2ccccc2-c2cc(Nc3ccc(-c4ccc(-c5ccc6c(c5)c5ccccc5n6-c5ccccc5)cc4)cc3)ccc21. The highest BCUT2D eigenvalue weighted by atomic mass is 15.0. The summed E-state index contributed by atoms with van der Waals surface area (Å²) in [6.45, 7) is 4.64. The number of nitrogens with one attached hydrogen (secondary N) is 1. The molecule has 224 valence electrons. The normalized spacial score (nSPS) is 13.1. The Kier molecular flexibility index (Phi) is 6.20. The fraction of sp³-hybridized carbons (Fsp3) is 0.0667. The summed E-state index contributed by atoms with van der Waals surface area (Å²) in [6, 6.07) is 59.4. The van der Waals surface area contributed by atoms with Gasteiger partial charge in [-0.2, -0.15) is 0 Å². The molecule has 2 heteroatoms. The van der Waals surface area contributed by atoms with Gasteiger partial charge in [-0.05, 0) is 99.1 Å². The van der Waals surface area contributed by atoms with Crippen molar-refractivity contribution >= 4 is 33.2 Å². The van der Waals surface area contributed by atoms with Crippen molar-refractivity contribution in [2.24, 2.45) is 0 Å². The van der Waals surface area contributed by atoms with Crippen LogP contribution in [0.2, 0.25) is 0 Å². The Morgan fingerprint density at radius 1 is 0.426 bits per heavy atom. The van der Waals surface area contributed by atoms with Crippen molar-refractivity contribution in [2.75, 3.05) is 5.32 Å². The lowest BCUT2D eigenvalue weighted by Gasteiger charge is -2.21. The Labute approximate surface area is 275 Å². The fourth-order valence-corrected chi connectivity index (χ4v) is 7.57. The summed E-state index contributed by atoms with van der Waals surface area (Å²) in [7, 11) is 0. The molecule has 1 aromatic heterocycles. The first-order valence-corrected chi connectivity index (χ1v) is 16.4. The van der Waals surface area contributed by atoms with Gasteiger partial charge >= 0.3 is 0 Å². The molecule has 0 aliphatic heterocycles. The van der Waals surface area contributed by atoms with Crippen LogP contribution in [0.25, 0.3) is 60.9 Å². The van der Waals surface area contributed by atoms with Gasteiger partial charge in [0.05, 0.1) is 11.0 Å². The van der Waals surface area contributed by atoms with Crippen molar-refractivity contribution in [3.63, 3.8) is 0 Å². The van der Waals surface area contributed by atoms with Gasteiger partial charge in [-0.25, -0.2) is 0 Å². The second-order valence-electron chi connectivity index (χ2n) is 13.1. The van der Waals surface area contributed by atoms with Crippen LogP contribution < -0.4 is 5.32 Å². The molecule has 0 saturated carbocycles. The van der Waals surface area contributed by atoms with Gasteiger partial charge in [0, 0.05) is 33.2 Å². The number of hydrogen-bond acceptors (Lipinski definition) is 1. The Morgan fingerprint density at radius 3 is 1.79 bits per heavy atom. The van der Waals surface area contributed by atoms with Crippen molar-refractivity contribution in [3.8, 4) is 39.1 Å². The van der Waals surface area contributed by atoms with Crippen LogP contribution in [0.3, 0.4) is 0 Å². The molecule has 0 amide bonds. The van der Waals surface area contributed by atoms with E-state index in [-0.39, 0.29) is 5.41 Å². The lowest BCUT2D eigenvalue weighted by atomic mass is 9.82. The number of aromatic nitrogens is 1. The number of benzene rings is 7. The highest BCUT2D eigenvalue weighted by Gasteiger charge is 2.35. The Balaban J connectivity index is 0.975. The standard InChI is InChI=1S/C45H34N2/c1-45(2)41-14-8-6-12-37(41)39-29-35(25-26-42(39)45)46-34-23-20-31(21-24-34)30-16-18-32(19-17-30)33-22-27-44-40(28-33)38-13-7-9-15-43(38)47(44)36-10-4-3-5-11-36/h3-29,46H,1-2H3. The predicted molar refractivity (Wildman–Crippen MR) is 199 cm³/mol. The third-order valence-corrected chi connectivity index (χ3v) is 10.00. The summed E-state index contributed by atoms with van der Waals surface area (Å²) in [6.07, 6.45) is 0. The molecule has 9 rings (SSSR count). The molecule has 7 aromatic carbocycles. The van der Waals surface area contributed by atoms with Gasteiger partial charge in [0.2, 0.25) is 0 Å². The minimum Gasteiger partial charge on any atom is -0.356 e. The number of para-hydroxylation sites is 2. The van der Waals surface area contributed by atoms with Crippen LogP contribution in [0.4, 0.5) is 11.4 Å². The van der Waals surface area contributed by atoms with Crippen LogP contribution in [0.1, 0.15) is 25.0 Å². The zero-order chi connectivity index (χ0) is 31.5. The van der Waals surface area contributed by atoms with Gasteiger partial charge in [0.25, 0.3) is 0 Å². The lowest BCUT2D eigenvalue weighted by Crippen LogP contribution is -2.14. The van der Waals surface area contributed by atoms with Crippen molar-refractivity contribution in [1.29, 1.82) is 0 Å². The summed E-state index contributed by atoms with van der Waals surface area (Å²) in [5, 5.41) is 6.18. The zero-order valence-corrected chi connectivity index (χ0v) is 26.5. The highest BCUT2D eigenvalue weighted by molar-refractivity contribution is 6.10. The van der Waals surface area contributed by atoms with E-state index < -0.39 is 0 Å². The van der Waals surface area contributed by atoms with Gasteiger partial charge in [0.1, 0.15) is 0 Å². The Hall–Kier alpha value is -5.86. The molecule has 1 N–H and O–H groups in total. The van der Waals surface area contributed by atoms with Crippen molar-refractivity contribution in [3.05, 3.63) is 175 Å². The maximum absolute atomic E-state index is 3.64. The largest absolute Gasteiger partial charge is 0.356 e. The quantitative estimate of drug-likeness (QED) is 0.207. The first-order valence-electron chi connectivity index (χ1n) is 16.4. The van der Waals surface area contributed by atoms with E-state index in [1.807, 2.05) is 0 Å². The van der Waals surface area contributed by atoms with E-state index in [1.54, 1.807) is 0 Å². The first kappa shape index (κ1) is 27.5. The zero-order valence-electron chi connectivity index (χ0n) is 26.5. The Morgan fingerprint density at radius 2 is 1.00 bits per heavy atom. The van der Waals surface area contributed by atoms with Crippen molar-refractivity contribution in [1.82, 2.24) is 4.57 Å². The smallest absolute Gasteiger partial charge is 0.0541 e. The number of anilines is 2. The molecule has 1 aliphatic carbocycles. The maximum Gasteiger partial charge on any atom is 0.0541 e. The molecule has 0 fully saturated rings. The molecule has 0 bridgehead atoms. The molecular formula is C45H34N2. The van der Waals surface area contributed by atoms with E-state index in [2.05, 4.69) is 188 Å². The fourth-order valence-electron chi connectivity index (χ4n) is 7.57. The molecule has 1 aliphatic rings. The van der Waals surface area contributed by atoms with Gasteiger partial charge in [-0.3, -0.25) is 0 Å². The summed E-state index contributed by atoms with van der Waals surface area (Å²) in [5.74, 6) is 0. The van der Waals surface area contributed by atoms with Gasteiger partial charge in [-0.1, -0.05) is 123 Å². The van der Waals surface area contributed by atoms with Crippen LogP contribution in [-0.2, 0) is 5.41 Å². The molecule has 47 heavy (non-hydrogen) atoms. The van der Waals surface area contributed by atoms with Crippen LogP contribution in [0.15, 0.2) is 164 Å². The minimum absolute atomic E-state index is 0.0250. The average Bonchev–Trinajstić information content (AvgIpc) is 3.57. The highest BCUT2D eigenvalue weighted by Crippen LogP contribution is 2.49. The summed E-state index contributed by atoms with van der Waals surface area (Å²) in [4.78, 5) is 0. The number of fused-ring (bicyclic) bond motifs is 6. The van der Waals surface area contributed by atoms with E-state index in [0.29, 0.717) is 0 Å². The second-order valence-corrected chi connectivity index (χ2v) is 13.1. The number of nitrogens with zero attached hydrogens (tertiary/aromatic N) is 1. The third kappa shape index (κ3) is 4.48. The third-order valence-electron chi connectivity index (χ3n) is 10.00. The molecule has 0 saturated heterocycles. The summed E-state index contributed by atoms with van der Waals surface area (Å²) >= 11 is 0. The molecule has 8 aromatic rings. The van der Waals surface area contributed by atoms with E-state index >= 15 is 0 Å². The first-order chi connectivity index (χ1) is 23.0. The lowest BCUT2D eigenvalue weighted by molar-refractivity contribution is 0.660. The molecule has 0 spiro atoms. The molecule has 0 atom stereocenters. The van der Waals surface area contributed by atoms with Gasteiger partial charge < -0.3 is 9.88 Å². The van der Waals surface area contributed by atoms with Gasteiger partial charge in [0.15, 0.2) is 0 Å². The molecule has 0 radical (unpaired) electrons. The summed E-state index contributed by atoms with van der Waals surface area (Å²) < 4.78 is 2.36. The molecule has 0 unspecified atom stereocenters. The molecular weight excluding hydrogens is 569 g/mol. The molecule has 2 nitrogen and oxygen atoms in total. The van der Waals surface area contributed by atoms with Crippen LogP contribution in [-0.4, -0.2) is 4.57 Å². The van der Waals surface area contributed by atoms with Gasteiger partial charge in [-0.15, -0.1) is 0 Å². The van der Waals surface area contributed by atoms with E-state index in [0.717, 1.165) is 11.4 Å². The number of hydrogen-bond donors (Lipinski definition) is 1. The van der Waals surface area contributed by atoms with Crippen LogP contribution in [0, 0.1) is 0 Å². The average molecular weight is 603 g/mol. The van der Waals surface area contributed by atoms with E-state index in [1.165, 1.54) is 72.0 Å². The second kappa shape index (κ2) is 10.6. The minimum atomic E-state index is 0.0250.